The van der Waals surface area contributed by atoms with Crippen molar-refractivity contribution in [2.24, 2.45) is 5.92 Å². The van der Waals surface area contributed by atoms with E-state index in [1.54, 1.807) is 0 Å². The van der Waals surface area contributed by atoms with Gasteiger partial charge in [0.2, 0.25) is 0 Å². The molecule has 0 saturated heterocycles. The van der Waals surface area contributed by atoms with Gasteiger partial charge in [0, 0.05) is 12.6 Å². The maximum atomic E-state index is 11.6. The van der Waals surface area contributed by atoms with E-state index in [-0.39, 0.29) is 11.7 Å². The minimum absolute atomic E-state index is 0.224. The van der Waals surface area contributed by atoms with Crippen LogP contribution in [0.15, 0.2) is 0 Å². The van der Waals surface area contributed by atoms with Crippen molar-refractivity contribution >= 4 is 9.84 Å². The van der Waals surface area contributed by atoms with Crippen LogP contribution in [-0.2, 0) is 9.84 Å². The Bertz CT molecular complexity index is 273. The molecule has 0 aliphatic carbocycles. The van der Waals surface area contributed by atoms with Crippen molar-refractivity contribution in [3.05, 3.63) is 0 Å². The zero-order valence-electron chi connectivity index (χ0n) is 11.8. The minimum atomic E-state index is -2.86. The molecule has 1 unspecified atom stereocenters. The Balaban J connectivity index is 3.68. The maximum Gasteiger partial charge on any atom is 0.151 e. The third-order valence-corrected chi connectivity index (χ3v) is 4.73. The molecule has 0 radical (unpaired) electrons. The van der Waals surface area contributed by atoms with Gasteiger partial charge in [0.05, 0.1) is 11.5 Å². The summed E-state index contributed by atoms with van der Waals surface area (Å²) >= 11 is 0. The molecule has 0 rings (SSSR count). The zero-order valence-corrected chi connectivity index (χ0v) is 12.6. The molecule has 0 heterocycles. The van der Waals surface area contributed by atoms with Crippen molar-refractivity contribution in [3.63, 3.8) is 0 Å². The molecule has 0 fully saturated rings. The number of nitrogens with one attached hydrogen (secondary N) is 1. The van der Waals surface area contributed by atoms with E-state index < -0.39 is 9.84 Å². The number of hydrogen-bond donors (Lipinski definition) is 1. The molecule has 0 saturated carbocycles. The van der Waals surface area contributed by atoms with Gasteiger partial charge in [-0.3, -0.25) is 0 Å². The predicted octanol–water partition coefficient (Wildman–Crippen LogP) is 2.62. The van der Waals surface area contributed by atoms with E-state index >= 15 is 0 Å². The fraction of sp³-hybridized carbons (Fsp3) is 1.00. The lowest BCUT2D eigenvalue weighted by atomic mass is 10.1. The average molecular weight is 263 g/mol. The maximum absolute atomic E-state index is 11.6. The molecule has 3 nitrogen and oxygen atoms in total. The van der Waals surface area contributed by atoms with Crippen molar-refractivity contribution in [1.29, 1.82) is 0 Å². The van der Waals surface area contributed by atoms with Crippen molar-refractivity contribution in [2.75, 3.05) is 18.1 Å². The van der Waals surface area contributed by atoms with Gasteiger partial charge in [-0.05, 0) is 19.3 Å². The van der Waals surface area contributed by atoms with Crippen molar-refractivity contribution in [2.45, 2.75) is 59.4 Å². The third-order valence-electron chi connectivity index (χ3n) is 2.73. The monoisotopic (exact) mass is 263 g/mol. The van der Waals surface area contributed by atoms with E-state index in [1.807, 2.05) is 13.8 Å². The van der Waals surface area contributed by atoms with Gasteiger partial charge in [-0.15, -0.1) is 0 Å². The van der Waals surface area contributed by atoms with E-state index in [9.17, 15) is 8.42 Å². The molecule has 0 aromatic heterocycles. The molecule has 0 aliphatic rings. The van der Waals surface area contributed by atoms with E-state index in [0.29, 0.717) is 18.3 Å². The summed E-state index contributed by atoms with van der Waals surface area (Å²) in [5, 5.41) is 3.29. The summed E-state index contributed by atoms with van der Waals surface area (Å²) < 4.78 is 23.3. The average Bonchev–Trinajstić information content (AvgIpc) is 2.15. The third kappa shape index (κ3) is 10.8. The Labute approximate surface area is 107 Å². The summed E-state index contributed by atoms with van der Waals surface area (Å²) in [6.45, 7) is 8.79. The molecule has 0 amide bonds. The fourth-order valence-electron chi connectivity index (χ4n) is 1.85. The Morgan fingerprint density at radius 2 is 1.76 bits per heavy atom. The van der Waals surface area contributed by atoms with Crippen LogP contribution in [0.5, 0.6) is 0 Å². The van der Waals surface area contributed by atoms with Gasteiger partial charge >= 0.3 is 0 Å². The highest BCUT2D eigenvalue weighted by Crippen LogP contribution is 2.03. The second-order valence-corrected chi connectivity index (χ2v) is 7.59. The lowest BCUT2D eigenvalue weighted by molar-refractivity contribution is 0.497. The van der Waals surface area contributed by atoms with E-state index in [4.69, 9.17) is 0 Å². The summed E-state index contributed by atoms with van der Waals surface area (Å²) in [6.07, 6.45) is 4.86. The molecule has 0 aromatic carbocycles. The van der Waals surface area contributed by atoms with E-state index in [1.165, 1.54) is 19.3 Å². The van der Waals surface area contributed by atoms with Crippen LogP contribution in [0.1, 0.15) is 53.4 Å². The normalized spacial score (nSPS) is 14.2. The van der Waals surface area contributed by atoms with Crippen LogP contribution in [-0.4, -0.2) is 32.5 Å². The molecule has 0 aromatic rings. The lowest BCUT2D eigenvalue weighted by Gasteiger charge is -2.14. The lowest BCUT2D eigenvalue weighted by Crippen LogP contribution is -2.32. The van der Waals surface area contributed by atoms with Gasteiger partial charge in [0.25, 0.3) is 0 Å². The highest BCUT2D eigenvalue weighted by atomic mass is 32.2. The quantitative estimate of drug-likeness (QED) is 0.616. The Morgan fingerprint density at radius 3 is 2.29 bits per heavy atom. The second-order valence-electron chi connectivity index (χ2n) is 5.36. The molecule has 0 aliphatic heterocycles. The van der Waals surface area contributed by atoms with Gasteiger partial charge in [-0.25, -0.2) is 8.42 Å². The largest absolute Gasteiger partial charge is 0.313 e. The molecule has 0 spiro atoms. The van der Waals surface area contributed by atoms with Crippen LogP contribution in [0.3, 0.4) is 0 Å². The molecule has 104 valence electrons. The highest BCUT2D eigenvalue weighted by molar-refractivity contribution is 7.91. The molecular formula is C13H29NO2S. The van der Waals surface area contributed by atoms with Crippen LogP contribution in [0.25, 0.3) is 0 Å². The summed E-state index contributed by atoms with van der Waals surface area (Å²) in [5.74, 6) is 0.796. The number of hydrogen-bond acceptors (Lipinski definition) is 3. The molecule has 0 bridgehead atoms. The van der Waals surface area contributed by atoms with Crippen LogP contribution in [0, 0.1) is 5.92 Å². The zero-order chi connectivity index (χ0) is 13.3. The van der Waals surface area contributed by atoms with Gasteiger partial charge < -0.3 is 5.32 Å². The number of unbranched alkanes of at least 4 members (excludes halogenated alkanes) is 2. The number of rotatable bonds is 10. The Hall–Kier alpha value is -0.0900. The SMILES string of the molecule is CCCCCC(C)NCCS(=O)(=O)CC(C)C. The predicted molar refractivity (Wildman–Crippen MR) is 75.1 cm³/mol. The van der Waals surface area contributed by atoms with Crippen LogP contribution >= 0.6 is 0 Å². The summed E-state index contributed by atoms with van der Waals surface area (Å²) in [7, 11) is -2.86. The molecule has 1 atom stereocenters. The Kier molecular flexibility index (Phi) is 8.88. The summed E-state index contributed by atoms with van der Waals surface area (Å²) in [5.41, 5.74) is 0. The Morgan fingerprint density at radius 1 is 1.12 bits per heavy atom. The summed E-state index contributed by atoms with van der Waals surface area (Å²) in [6, 6.07) is 0.427. The van der Waals surface area contributed by atoms with Crippen molar-refractivity contribution in [3.8, 4) is 0 Å². The second kappa shape index (κ2) is 8.92. The topological polar surface area (TPSA) is 46.2 Å². The fourth-order valence-corrected chi connectivity index (χ4v) is 3.47. The van der Waals surface area contributed by atoms with Gasteiger partial charge in [-0.2, -0.15) is 0 Å². The molecule has 4 heteroatoms. The van der Waals surface area contributed by atoms with Crippen molar-refractivity contribution < 1.29 is 8.42 Å². The smallest absolute Gasteiger partial charge is 0.151 e. The number of sulfone groups is 1. The van der Waals surface area contributed by atoms with Crippen LogP contribution < -0.4 is 5.32 Å². The van der Waals surface area contributed by atoms with E-state index in [0.717, 1.165) is 6.42 Å². The highest BCUT2D eigenvalue weighted by Gasteiger charge is 2.13. The molecule has 17 heavy (non-hydrogen) atoms. The van der Waals surface area contributed by atoms with Crippen LogP contribution in [0.4, 0.5) is 0 Å². The first-order valence-electron chi connectivity index (χ1n) is 6.81. The minimum Gasteiger partial charge on any atom is -0.313 e. The molecular weight excluding hydrogens is 234 g/mol. The summed E-state index contributed by atoms with van der Waals surface area (Å²) in [4.78, 5) is 0. The standard InChI is InChI=1S/C13H29NO2S/c1-5-6-7-8-13(4)14-9-10-17(15,16)11-12(2)3/h12-14H,5-11H2,1-4H3. The van der Waals surface area contributed by atoms with Gasteiger partial charge in [0.1, 0.15) is 0 Å². The van der Waals surface area contributed by atoms with Crippen molar-refractivity contribution in [1.82, 2.24) is 5.32 Å². The first-order valence-corrected chi connectivity index (χ1v) is 8.63. The van der Waals surface area contributed by atoms with Gasteiger partial charge in [-0.1, -0.05) is 40.0 Å². The van der Waals surface area contributed by atoms with E-state index in [2.05, 4.69) is 19.2 Å². The first-order chi connectivity index (χ1) is 7.87. The van der Waals surface area contributed by atoms with Crippen LogP contribution in [0.2, 0.25) is 0 Å². The first kappa shape index (κ1) is 16.9. The van der Waals surface area contributed by atoms with Gasteiger partial charge in [0.15, 0.2) is 9.84 Å². The molecule has 1 N–H and O–H groups in total.